The SMILES string of the molecule is CCC(COC)NC(CO)c1sccc1C. The van der Waals surface area contributed by atoms with Gasteiger partial charge in [-0.15, -0.1) is 11.3 Å². The first-order valence-corrected chi connectivity index (χ1v) is 6.50. The summed E-state index contributed by atoms with van der Waals surface area (Å²) in [6.45, 7) is 5.00. The molecule has 1 heterocycles. The Hall–Kier alpha value is -0.420. The van der Waals surface area contributed by atoms with E-state index >= 15 is 0 Å². The topological polar surface area (TPSA) is 41.5 Å². The van der Waals surface area contributed by atoms with Crippen molar-refractivity contribution in [1.29, 1.82) is 0 Å². The van der Waals surface area contributed by atoms with E-state index in [-0.39, 0.29) is 12.6 Å². The lowest BCUT2D eigenvalue weighted by molar-refractivity contribution is 0.147. The van der Waals surface area contributed by atoms with Gasteiger partial charge in [-0.3, -0.25) is 0 Å². The lowest BCUT2D eigenvalue weighted by atomic mass is 10.1. The van der Waals surface area contributed by atoms with Gasteiger partial charge in [-0.1, -0.05) is 6.92 Å². The molecule has 0 aliphatic rings. The summed E-state index contributed by atoms with van der Waals surface area (Å²) < 4.78 is 5.15. The van der Waals surface area contributed by atoms with Crippen molar-refractivity contribution in [2.24, 2.45) is 0 Å². The highest BCUT2D eigenvalue weighted by Gasteiger charge is 2.17. The number of rotatable bonds is 7. The molecule has 1 aromatic heterocycles. The van der Waals surface area contributed by atoms with E-state index in [2.05, 4.69) is 30.6 Å². The number of aliphatic hydroxyl groups excluding tert-OH is 1. The summed E-state index contributed by atoms with van der Waals surface area (Å²) in [6, 6.07) is 2.41. The Morgan fingerprint density at radius 1 is 1.56 bits per heavy atom. The number of nitrogens with one attached hydrogen (secondary N) is 1. The normalized spacial score (nSPS) is 15.0. The standard InChI is InChI=1S/C12H21NO2S/c1-4-10(8-15-3)13-11(7-14)12-9(2)5-6-16-12/h5-6,10-11,13-14H,4,7-8H2,1-3H3. The van der Waals surface area contributed by atoms with Crippen molar-refractivity contribution in [3.05, 3.63) is 21.9 Å². The van der Waals surface area contributed by atoms with E-state index in [4.69, 9.17) is 4.74 Å². The number of aryl methyl sites for hydroxylation is 1. The van der Waals surface area contributed by atoms with Crippen LogP contribution in [0.5, 0.6) is 0 Å². The molecule has 0 aromatic carbocycles. The molecule has 4 heteroatoms. The van der Waals surface area contributed by atoms with E-state index in [1.165, 1.54) is 10.4 Å². The van der Waals surface area contributed by atoms with Crippen LogP contribution < -0.4 is 5.32 Å². The highest BCUT2D eigenvalue weighted by molar-refractivity contribution is 7.10. The molecular formula is C12H21NO2S. The molecule has 0 saturated heterocycles. The second kappa shape index (κ2) is 7.01. The zero-order valence-corrected chi connectivity index (χ0v) is 11.0. The van der Waals surface area contributed by atoms with Gasteiger partial charge in [-0.25, -0.2) is 0 Å². The molecule has 0 saturated carbocycles. The van der Waals surface area contributed by atoms with Gasteiger partial charge in [0.15, 0.2) is 0 Å². The number of methoxy groups -OCH3 is 1. The van der Waals surface area contributed by atoms with Crippen LogP contribution in [0.4, 0.5) is 0 Å². The minimum absolute atomic E-state index is 0.0279. The fourth-order valence-corrected chi connectivity index (χ4v) is 2.70. The molecule has 16 heavy (non-hydrogen) atoms. The fraction of sp³-hybridized carbons (Fsp3) is 0.667. The molecule has 2 atom stereocenters. The van der Waals surface area contributed by atoms with Crippen LogP contribution in [-0.4, -0.2) is 31.5 Å². The zero-order valence-electron chi connectivity index (χ0n) is 10.2. The summed E-state index contributed by atoms with van der Waals surface area (Å²) in [4.78, 5) is 1.22. The molecule has 0 bridgehead atoms. The smallest absolute Gasteiger partial charge is 0.0655 e. The Morgan fingerprint density at radius 2 is 2.31 bits per heavy atom. The van der Waals surface area contributed by atoms with Gasteiger partial charge in [0.2, 0.25) is 0 Å². The van der Waals surface area contributed by atoms with Crippen molar-refractivity contribution in [2.75, 3.05) is 20.3 Å². The Labute approximate surface area is 101 Å². The molecule has 2 unspecified atom stereocenters. The lowest BCUT2D eigenvalue weighted by Gasteiger charge is -2.23. The number of thiophene rings is 1. The molecule has 0 amide bonds. The van der Waals surface area contributed by atoms with Crippen molar-refractivity contribution in [3.63, 3.8) is 0 Å². The molecule has 0 fully saturated rings. The van der Waals surface area contributed by atoms with Gasteiger partial charge < -0.3 is 15.2 Å². The number of hydrogen-bond donors (Lipinski definition) is 2. The van der Waals surface area contributed by atoms with Crippen LogP contribution in [-0.2, 0) is 4.74 Å². The van der Waals surface area contributed by atoms with Crippen molar-refractivity contribution < 1.29 is 9.84 Å². The van der Waals surface area contributed by atoms with Gasteiger partial charge >= 0.3 is 0 Å². The van der Waals surface area contributed by atoms with Crippen LogP contribution in [0, 0.1) is 6.92 Å². The minimum atomic E-state index is 0.0279. The van der Waals surface area contributed by atoms with Crippen molar-refractivity contribution in [2.45, 2.75) is 32.4 Å². The molecule has 1 aromatic rings. The second-order valence-electron chi connectivity index (χ2n) is 3.93. The molecule has 0 aliphatic carbocycles. The molecule has 0 radical (unpaired) electrons. The van der Waals surface area contributed by atoms with Crippen LogP contribution in [0.25, 0.3) is 0 Å². The summed E-state index contributed by atoms with van der Waals surface area (Å²) in [6.07, 6.45) is 0.995. The molecule has 0 spiro atoms. The Balaban J connectivity index is 2.64. The van der Waals surface area contributed by atoms with Crippen molar-refractivity contribution >= 4 is 11.3 Å². The third kappa shape index (κ3) is 3.56. The van der Waals surface area contributed by atoms with Crippen LogP contribution in [0.1, 0.15) is 29.8 Å². The van der Waals surface area contributed by atoms with Crippen molar-refractivity contribution in [1.82, 2.24) is 5.32 Å². The van der Waals surface area contributed by atoms with Gasteiger partial charge in [-0.05, 0) is 30.4 Å². The van der Waals surface area contributed by atoms with E-state index in [1.807, 2.05) is 0 Å². The van der Waals surface area contributed by atoms with Crippen molar-refractivity contribution in [3.8, 4) is 0 Å². The summed E-state index contributed by atoms with van der Waals surface area (Å²) in [5, 5.41) is 14.9. The average molecular weight is 243 g/mol. The quantitative estimate of drug-likeness (QED) is 0.770. The highest BCUT2D eigenvalue weighted by atomic mass is 32.1. The molecule has 0 aliphatic heterocycles. The lowest BCUT2D eigenvalue weighted by Crippen LogP contribution is -2.37. The maximum absolute atomic E-state index is 9.44. The molecule has 3 nitrogen and oxygen atoms in total. The maximum Gasteiger partial charge on any atom is 0.0655 e. The predicted molar refractivity (Wildman–Crippen MR) is 68.0 cm³/mol. The van der Waals surface area contributed by atoms with Crippen LogP contribution >= 0.6 is 11.3 Å². The first-order chi connectivity index (χ1) is 7.72. The third-order valence-corrected chi connectivity index (χ3v) is 3.83. The first-order valence-electron chi connectivity index (χ1n) is 5.62. The Morgan fingerprint density at radius 3 is 2.75 bits per heavy atom. The van der Waals surface area contributed by atoms with E-state index in [0.717, 1.165) is 6.42 Å². The molecular weight excluding hydrogens is 222 g/mol. The summed E-state index contributed by atoms with van der Waals surface area (Å²) >= 11 is 1.69. The minimum Gasteiger partial charge on any atom is -0.394 e. The molecule has 2 N–H and O–H groups in total. The van der Waals surface area contributed by atoms with Gasteiger partial charge in [0, 0.05) is 18.0 Å². The monoisotopic (exact) mass is 243 g/mol. The highest BCUT2D eigenvalue weighted by Crippen LogP contribution is 2.24. The summed E-state index contributed by atoms with van der Waals surface area (Å²) in [5.74, 6) is 0. The van der Waals surface area contributed by atoms with Crippen LogP contribution in [0.3, 0.4) is 0 Å². The van der Waals surface area contributed by atoms with E-state index in [1.54, 1.807) is 18.4 Å². The van der Waals surface area contributed by atoms with Gasteiger partial charge in [0.05, 0.1) is 19.3 Å². The Bertz CT molecular complexity index is 301. The van der Waals surface area contributed by atoms with Gasteiger partial charge in [-0.2, -0.15) is 0 Å². The van der Waals surface area contributed by atoms with E-state index < -0.39 is 0 Å². The summed E-state index contributed by atoms with van der Waals surface area (Å²) in [7, 11) is 1.70. The van der Waals surface area contributed by atoms with Gasteiger partial charge in [0.25, 0.3) is 0 Å². The molecule has 92 valence electrons. The fourth-order valence-electron chi connectivity index (χ4n) is 1.72. The largest absolute Gasteiger partial charge is 0.394 e. The maximum atomic E-state index is 9.44. The van der Waals surface area contributed by atoms with Gasteiger partial charge in [0.1, 0.15) is 0 Å². The van der Waals surface area contributed by atoms with E-state index in [0.29, 0.717) is 12.6 Å². The number of hydrogen-bond acceptors (Lipinski definition) is 4. The number of ether oxygens (including phenoxy) is 1. The van der Waals surface area contributed by atoms with E-state index in [9.17, 15) is 5.11 Å². The third-order valence-electron chi connectivity index (χ3n) is 2.70. The Kier molecular flexibility index (Phi) is 5.98. The average Bonchev–Trinajstić information content (AvgIpc) is 2.71. The second-order valence-corrected chi connectivity index (χ2v) is 4.88. The van der Waals surface area contributed by atoms with Crippen LogP contribution in [0.15, 0.2) is 11.4 Å². The first kappa shape index (κ1) is 13.6. The number of aliphatic hydroxyl groups is 1. The zero-order chi connectivity index (χ0) is 12.0. The van der Waals surface area contributed by atoms with Crippen LogP contribution in [0.2, 0.25) is 0 Å². The molecule has 1 rings (SSSR count). The predicted octanol–water partition coefficient (Wildman–Crippen LogP) is 2.10. The summed E-state index contributed by atoms with van der Waals surface area (Å²) in [5.41, 5.74) is 1.24.